The van der Waals surface area contributed by atoms with Gasteiger partial charge in [-0.3, -0.25) is 9.59 Å². The Morgan fingerprint density at radius 1 is 1.11 bits per heavy atom. The number of rotatable bonds is 7. The highest BCUT2D eigenvalue weighted by atomic mass is 32.1. The molecule has 2 N–H and O–H groups in total. The summed E-state index contributed by atoms with van der Waals surface area (Å²) < 4.78 is 0. The molecular weight excluding hydrogens is 370 g/mol. The van der Waals surface area contributed by atoms with E-state index in [9.17, 15) is 9.59 Å². The van der Waals surface area contributed by atoms with Crippen molar-refractivity contribution in [1.82, 2.24) is 4.90 Å². The largest absolute Gasteiger partial charge is 0.331 e. The average molecular weight is 401 g/mol. The minimum absolute atomic E-state index is 0.0446. The molecule has 2 aromatic rings. The van der Waals surface area contributed by atoms with Crippen molar-refractivity contribution < 1.29 is 14.5 Å². The number of aryl methyl sites for hydroxylation is 3. The SMILES string of the molecule is Cc1cccc(C)c1NC(=O)C[NH+]1CCN(C(=O)CCCc2cccs2)CC1. The van der Waals surface area contributed by atoms with Gasteiger partial charge >= 0.3 is 0 Å². The lowest BCUT2D eigenvalue weighted by Crippen LogP contribution is -3.15. The van der Waals surface area contributed by atoms with Gasteiger partial charge in [0.2, 0.25) is 5.91 Å². The Morgan fingerprint density at radius 2 is 1.82 bits per heavy atom. The van der Waals surface area contributed by atoms with Gasteiger partial charge in [0.05, 0.1) is 26.2 Å². The molecule has 1 saturated heterocycles. The van der Waals surface area contributed by atoms with Crippen molar-refractivity contribution in [3.05, 3.63) is 51.7 Å². The zero-order valence-corrected chi connectivity index (χ0v) is 17.6. The Bertz CT molecular complexity index is 776. The predicted molar refractivity (Wildman–Crippen MR) is 114 cm³/mol. The Balaban J connectivity index is 1.38. The van der Waals surface area contributed by atoms with Crippen LogP contribution in [0.25, 0.3) is 0 Å². The first-order chi connectivity index (χ1) is 13.5. The molecule has 0 aliphatic carbocycles. The van der Waals surface area contributed by atoms with Crippen LogP contribution in [0.15, 0.2) is 35.7 Å². The second-order valence-corrected chi connectivity index (χ2v) is 8.59. The summed E-state index contributed by atoms with van der Waals surface area (Å²) in [6.07, 6.45) is 2.50. The van der Waals surface area contributed by atoms with E-state index >= 15 is 0 Å². The topological polar surface area (TPSA) is 53.9 Å². The van der Waals surface area contributed by atoms with E-state index in [1.807, 2.05) is 36.9 Å². The second kappa shape index (κ2) is 9.85. The number of quaternary nitrogens is 1. The smallest absolute Gasteiger partial charge is 0.279 e. The monoisotopic (exact) mass is 400 g/mol. The van der Waals surface area contributed by atoms with Crippen LogP contribution in [0.4, 0.5) is 5.69 Å². The van der Waals surface area contributed by atoms with Crippen molar-refractivity contribution in [2.75, 3.05) is 38.0 Å². The fraction of sp³-hybridized carbons (Fsp3) is 0.455. The minimum atomic E-state index is 0.0446. The molecule has 0 bridgehead atoms. The van der Waals surface area contributed by atoms with Crippen LogP contribution >= 0.6 is 11.3 Å². The summed E-state index contributed by atoms with van der Waals surface area (Å²) in [4.78, 5) is 29.4. The summed E-state index contributed by atoms with van der Waals surface area (Å²) in [7, 11) is 0. The molecule has 1 aliphatic heterocycles. The number of hydrogen-bond donors (Lipinski definition) is 2. The molecule has 1 aromatic heterocycles. The van der Waals surface area contributed by atoms with Gasteiger partial charge in [0.15, 0.2) is 6.54 Å². The number of benzene rings is 1. The van der Waals surface area contributed by atoms with E-state index in [1.165, 1.54) is 9.78 Å². The molecule has 1 fully saturated rings. The van der Waals surface area contributed by atoms with Gasteiger partial charge in [-0.1, -0.05) is 24.3 Å². The first-order valence-corrected chi connectivity index (χ1v) is 10.9. The zero-order chi connectivity index (χ0) is 19.9. The van der Waals surface area contributed by atoms with E-state index in [0.29, 0.717) is 13.0 Å². The Morgan fingerprint density at radius 3 is 2.46 bits per heavy atom. The lowest BCUT2D eigenvalue weighted by Gasteiger charge is -2.32. The summed E-state index contributed by atoms with van der Waals surface area (Å²) >= 11 is 1.75. The number of nitrogens with one attached hydrogen (secondary N) is 2. The van der Waals surface area contributed by atoms with Crippen LogP contribution in [-0.2, 0) is 16.0 Å². The molecule has 150 valence electrons. The molecule has 0 radical (unpaired) electrons. The first-order valence-electron chi connectivity index (χ1n) is 10.0. The zero-order valence-electron chi connectivity index (χ0n) is 16.8. The van der Waals surface area contributed by atoms with Gasteiger partial charge in [0.1, 0.15) is 0 Å². The molecular formula is C22H30N3O2S+. The second-order valence-electron chi connectivity index (χ2n) is 7.56. The number of carbonyl (C=O) groups is 2. The van der Waals surface area contributed by atoms with Crippen LogP contribution in [0.1, 0.15) is 28.8 Å². The van der Waals surface area contributed by atoms with E-state index < -0.39 is 0 Å². The van der Waals surface area contributed by atoms with Crippen LogP contribution in [0.2, 0.25) is 0 Å². The summed E-state index contributed by atoms with van der Waals surface area (Å²) in [5.74, 6) is 0.290. The van der Waals surface area contributed by atoms with Crippen molar-refractivity contribution >= 4 is 28.8 Å². The Kier molecular flexibility index (Phi) is 7.23. The van der Waals surface area contributed by atoms with Gasteiger partial charge in [-0.25, -0.2) is 0 Å². The molecule has 0 spiro atoms. The molecule has 28 heavy (non-hydrogen) atoms. The lowest BCUT2D eigenvalue weighted by atomic mass is 10.1. The first kappa shape index (κ1) is 20.6. The predicted octanol–water partition coefficient (Wildman–Crippen LogP) is 2.05. The van der Waals surface area contributed by atoms with E-state index in [4.69, 9.17) is 0 Å². The van der Waals surface area contributed by atoms with Crippen LogP contribution in [0.5, 0.6) is 0 Å². The van der Waals surface area contributed by atoms with Gasteiger partial charge in [0, 0.05) is 17.0 Å². The van der Waals surface area contributed by atoms with Gasteiger partial charge in [-0.15, -0.1) is 11.3 Å². The molecule has 6 heteroatoms. The van der Waals surface area contributed by atoms with Crippen LogP contribution in [0, 0.1) is 13.8 Å². The van der Waals surface area contributed by atoms with Crippen molar-refractivity contribution in [3.63, 3.8) is 0 Å². The molecule has 0 saturated carbocycles. The Labute approximate surface area is 171 Å². The highest BCUT2D eigenvalue weighted by Crippen LogP contribution is 2.19. The van der Waals surface area contributed by atoms with Crippen molar-refractivity contribution in [2.45, 2.75) is 33.1 Å². The van der Waals surface area contributed by atoms with E-state index in [-0.39, 0.29) is 11.8 Å². The lowest BCUT2D eigenvalue weighted by molar-refractivity contribution is -0.895. The molecule has 3 rings (SSSR count). The third-order valence-corrected chi connectivity index (χ3v) is 6.31. The maximum atomic E-state index is 12.4. The number of piperazine rings is 1. The minimum Gasteiger partial charge on any atom is -0.331 e. The number of nitrogens with zero attached hydrogens (tertiary/aromatic N) is 1. The number of thiophene rings is 1. The van der Waals surface area contributed by atoms with Crippen molar-refractivity contribution in [2.24, 2.45) is 0 Å². The maximum absolute atomic E-state index is 12.4. The van der Waals surface area contributed by atoms with Crippen LogP contribution < -0.4 is 10.2 Å². The normalized spacial score (nSPS) is 14.9. The highest BCUT2D eigenvalue weighted by Gasteiger charge is 2.25. The van der Waals surface area contributed by atoms with Gasteiger partial charge in [-0.05, 0) is 49.3 Å². The molecule has 0 atom stereocenters. The van der Waals surface area contributed by atoms with Crippen LogP contribution in [-0.4, -0.2) is 49.4 Å². The summed E-state index contributed by atoms with van der Waals surface area (Å²) in [5.41, 5.74) is 3.09. The third-order valence-electron chi connectivity index (χ3n) is 5.37. The van der Waals surface area contributed by atoms with Gasteiger partial charge in [-0.2, -0.15) is 0 Å². The average Bonchev–Trinajstić information content (AvgIpc) is 3.19. The van der Waals surface area contributed by atoms with Crippen LogP contribution in [0.3, 0.4) is 0 Å². The molecule has 2 amide bonds. The van der Waals surface area contributed by atoms with E-state index in [2.05, 4.69) is 22.8 Å². The fourth-order valence-corrected chi connectivity index (χ4v) is 4.45. The number of carbonyl (C=O) groups excluding carboxylic acids is 2. The van der Waals surface area contributed by atoms with Crippen molar-refractivity contribution in [1.29, 1.82) is 0 Å². The van der Waals surface area contributed by atoms with Crippen molar-refractivity contribution in [3.8, 4) is 0 Å². The van der Waals surface area contributed by atoms with E-state index in [0.717, 1.165) is 55.8 Å². The Hall–Kier alpha value is -2.18. The number of amides is 2. The highest BCUT2D eigenvalue weighted by molar-refractivity contribution is 7.09. The molecule has 5 nitrogen and oxygen atoms in total. The quantitative estimate of drug-likeness (QED) is 0.748. The van der Waals surface area contributed by atoms with E-state index in [1.54, 1.807) is 11.3 Å². The summed E-state index contributed by atoms with van der Waals surface area (Å²) in [5, 5.41) is 5.14. The number of para-hydroxylation sites is 1. The molecule has 1 aromatic carbocycles. The standard InChI is InChI=1S/C22H29N3O2S/c1-17-6-3-7-18(2)22(17)23-20(26)16-24-11-13-25(14-12-24)21(27)10-4-8-19-9-5-15-28-19/h3,5-7,9,15H,4,8,10-14,16H2,1-2H3,(H,23,26)/p+1. The number of anilines is 1. The van der Waals surface area contributed by atoms with Gasteiger partial charge in [0.25, 0.3) is 5.91 Å². The summed E-state index contributed by atoms with van der Waals surface area (Å²) in [6, 6.07) is 10.2. The fourth-order valence-electron chi connectivity index (χ4n) is 3.70. The molecule has 2 heterocycles. The summed E-state index contributed by atoms with van der Waals surface area (Å²) in [6.45, 7) is 7.62. The third kappa shape index (κ3) is 5.66. The molecule has 1 aliphatic rings. The number of hydrogen-bond acceptors (Lipinski definition) is 3. The van der Waals surface area contributed by atoms with Gasteiger partial charge < -0.3 is 15.1 Å². The maximum Gasteiger partial charge on any atom is 0.279 e. The molecule has 0 unspecified atom stereocenters.